The summed E-state index contributed by atoms with van der Waals surface area (Å²) < 4.78 is 5.13. The lowest BCUT2D eigenvalue weighted by Crippen LogP contribution is -2.27. The van der Waals surface area contributed by atoms with E-state index < -0.39 is 0 Å². The van der Waals surface area contributed by atoms with E-state index in [0.29, 0.717) is 17.3 Å². The Morgan fingerprint density at radius 2 is 2.17 bits per heavy atom. The molecular formula is C12H16N4O2. The third-order valence-corrected chi connectivity index (χ3v) is 2.67. The standard InChI is InChI=1S/C12H16N4O2/c1-12(2,3)9(13)10-15-11(18-16-10)7-4-5-14-8(17)6-7/h4-6,9H,13H2,1-3H3,(H,14,17). The summed E-state index contributed by atoms with van der Waals surface area (Å²) in [5, 5.41) is 3.87. The topological polar surface area (TPSA) is 97.8 Å². The molecule has 3 N–H and O–H groups in total. The van der Waals surface area contributed by atoms with Crippen molar-refractivity contribution in [1.29, 1.82) is 0 Å². The molecule has 2 heterocycles. The Kier molecular flexibility index (Phi) is 3.04. The van der Waals surface area contributed by atoms with Gasteiger partial charge in [0.25, 0.3) is 5.89 Å². The highest BCUT2D eigenvalue weighted by Gasteiger charge is 2.27. The van der Waals surface area contributed by atoms with Crippen LogP contribution in [-0.2, 0) is 0 Å². The highest BCUT2D eigenvalue weighted by atomic mass is 16.5. The van der Waals surface area contributed by atoms with Crippen LogP contribution in [0.2, 0.25) is 0 Å². The van der Waals surface area contributed by atoms with Crippen molar-refractivity contribution in [2.45, 2.75) is 26.8 Å². The lowest BCUT2D eigenvalue weighted by molar-refractivity contribution is 0.303. The largest absolute Gasteiger partial charge is 0.334 e. The Labute approximate surface area is 104 Å². The molecule has 1 atom stereocenters. The summed E-state index contributed by atoms with van der Waals surface area (Å²) in [5.74, 6) is 0.744. The zero-order valence-corrected chi connectivity index (χ0v) is 10.6. The molecule has 2 aromatic rings. The van der Waals surface area contributed by atoms with Gasteiger partial charge in [0.1, 0.15) is 0 Å². The molecule has 0 spiro atoms. The molecule has 6 nitrogen and oxygen atoms in total. The molecule has 0 amide bonds. The van der Waals surface area contributed by atoms with Gasteiger partial charge in [-0.3, -0.25) is 4.79 Å². The van der Waals surface area contributed by atoms with Gasteiger partial charge < -0.3 is 15.2 Å². The summed E-state index contributed by atoms with van der Waals surface area (Å²) in [4.78, 5) is 18.0. The Hall–Kier alpha value is -1.95. The SMILES string of the molecule is CC(C)(C)C(N)c1noc(-c2cc[nH]c(=O)c2)n1. The van der Waals surface area contributed by atoms with Crippen LogP contribution in [0.1, 0.15) is 32.6 Å². The number of H-pyrrole nitrogens is 1. The van der Waals surface area contributed by atoms with Crippen molar-refractivity contribution in [2.75, 3.05) is 0 Å². The van der Waals surface area contributed by atoms with Crippen molar-refractivity contribution in [3.63, 3.8) is 0 Å². The summed E-state index contributed by atoms with van der Waals surface area (Å²) in [6, 6.07) is 2.78. The number of nitrogens with two attached hydrogens (primary N) is 1. The predicted molar refractivity (Wildman–Crippen MR) is 66.7 cm³/mol. The lowest BCUT2D eigenvalue weighted by Gasteiger charge is -2.23. The van der Waals surface area contributed by atoms with Gasteiger partial charge in [-0.05, 0) is 11.5 Å². The third kappa shape index (κ3) is 2.48. The number of hydrogen-bond acceptors (Lipinski definition) is 5. The summed E-state index contributed by atoms with van der Waals surface area (Å²) >= 11 is 0. The summed E-state index contributed by atoms with van der Waals surface area (Å²) in [6.45, 7) is 6.00. The first kappa shape index (κ1) is 12.5. The molecule has 6 heteroatoms. The van der Waals surface area contributed by atoms with E-state index in [4.69, 9.17) is 10.3 Å². The molecule has 0 aliphatic heterocycles. The van der Waals surface area contributed by atoms with Gasteiger partial charge in [0, 0.05) is 17.8 Å². The molecule has 0 bridgehead atoms. The van der Waals surface area contributed by atoms with E-state index in [1.807, 2.05) is 20.8 Å². The van der Waals surface area contributed by atoms with Crippen molar-refractivity contribution in [2.24, 2.45) is 11.1 Å². The molecule has 0 radical (unpaired) electrons. The molecule has 0 aliphatic rings. The van der Waals surface area contributed by atoms with Crippen LogP contribution in [0.25, 0.3) is 11.5 Å². The predicted octanol–water partition coefficient (Wildman–Crippen LogP) is 1.47. The molecule has 96 valence electrons. The molecule has 2 rings (SSSR count). The van der Waals surface area contributed by atoms with E-state index in [0.717, 1.165) is 0 Å². The summed E-state index contributed by atoms with van der Waals surface area (Å²) in [5.41, 5.74) is 6.25. The van der Waals surface area contributed by atoms with Crippen molar-refractivity contribution >= 4 is 0 Å². The fourth-order valence-electron chi connectivity index (χ4n) is 1.44. The zero-order chi connectivity index (χ0) is 13.3. The summed E-state index contributed by atoms with van der Waals surface area (Å²) in [7, 11) is 0. The first-order chi connectivity index (χ1) is 8.38. The maximum absolute atomic E-state index is 11.2. The van der Waals surface area contributed by atoms with Crippen molar-refractivity contribution in [1.82, 2.24) is 15.1 Å². The van der Waals surface area contributed by atoms with Crippen molar-refractivity contribution < 1.29 is 4.52 Å². The molecule has 18 heavy (non-hydrogen) atoms. The molecule has 0 saturated heterocycles. The number of nitrogens with one attached hydrogen (secondary N) is 1. The van der Waals surface area contributed by atoms with Gasteiger partial charge >= 0.3 is 0 Å². The first-order valence-electron chi connectivity index (χ1n) is 5.66. The Balaban J connectivity index is 2.34. The van der Waals surface area contributed by atoms with E-state index in [2.05, 4.69) is 15.1 Å². The Morgan fingerprint density at radius 3 is 2.78 bits per heavy atom. The minimum Gasteiger partial charge on any atom is -0.334 e. The maximum atomic E-state index is 11.2. The highest BCUT2D eigenvalue weighted by Crippen LogP contribution is 2.29. The normalized spacial score (nSPS) is 13.6. The minimum absolute atomic E-state index is 0.157. The smallest absolute Gasteiger partial charge is 0.258 e. The molecule has 0 saturated carbocycles. The molecule has 0 aliphatic carbocycles. The highest BCUT2D eigenvalue weighted by molar-refractivity contribution is 5.51. The van der Waals surface area contributed by atoms with Gasteiger partial charge in [-0.1, -0.05) is 25.9 Å². The lowest BCUT2D eigenvalue weighted by atomic mass is 9.87. The average Bonchev–Trinajstić information content (AvgIpc) is 2.75. The first-order valence-corrected chi connectivity index (χ1v) is 5.66. The van der Waals surface area contributed by atoms with Gasteiger partial charge in [0.15, 0.2) is 5.82 Å². The van der Waals surface area contributed by atoms with Gasteiger partial charge in [0.2, 0.25) is 5.56 Å². The van der Waals surface area contributed by atoms with Crippen LogP contribution in [0.15, 0.2) is 27.6 Å². The number of nitrogens with zero attached hydrogens (tertiary/aromatic N) is 2. The Bertz CT molecular complexity index is 594. The summed E-state index contributed by atoms with van der Waals surface area (Å²) in [6.07, 6.45) is 1.53. The quantitative estimate of drug-likeness (QED) is 0.838. The van der Waals surface area contributed by atoms with Gasteiger partial charge in [-0.25, -0.2) is 0 Å². The molecule has 2 aromatic heterocycles. The zero-order valence-electron chi connectivity index (χ0n) is 10.6. The van der Waals surface area contributed by atoms with Crippen LogP contribution in [0.5, 0.6) is 0 Å². The van der Waals surface area contributed by atoms with Crippen LogP contribution in [-0.4, -0.2) is 15.1 Å². The van der Waals surface area contributed by atoms with Crippen molar-refractivity contribution in [3.8, 4) is 11.5 Å². The molecule has 0 fully saturated rings. The fourth-order valence-corrected chi connectivity index (χ4v) is 1.44. The average molecular weight is 248 g/mol. The van der Waals surface area contributed by atoms with Crippen LogP contribution in [0, 0.1) is 5.41 Å². The van der Waals surface area contributed by atoms with E-state index in [9.17, 15) is 4.79 Å². The monoisotopic (exact) mass is 248 g/mol. The van der Waals surface area contributed by atoms with E-state index in [1.165, 1.54) is 12.3 Å². The molecule has 0 aromatic carbocycles. The second kappa shape index (κ2) is 4.38. The van der Waals surface area contributed by atoms with Crippen LogP contribution >= 0.6 is 0 Å². The number of rotatable bonds is 2. The fraction of sp³-hybridized carbons (Fsp3) is 0.417. The molecular weight excluding hydrogens is 232 g/mol. The second-order valence-electron chi connectivity index (χ2n) is 5.24. The van der Waals surface area contributed by atoms with Crippen LogP contribution in [0.4, 0.5) is 0 Å². The molecule has 1 unspecified atom stereocenters. The minimum atomic E-state index is -0.322. The Morgan fingerprint density at radius 1 is 1.44 bits per heavy atom. The van der Waals surface area contributed by atoms with Gasteiger partial charge in [-0.2, -0.15) is 4.98 Å². The third-order valence-electron chi connectivity index (χ3n) is 2.67. The van der Waals surface area contributed by atoms with E-state index >= 15 is 0 Å². The van der Waals surface area contributed by atoms with E-state index in [-0.39, 0.29) is 17.0 Å². The van der Waals surface area contributed by atoms with Crippen LogP contribution < -0.4 is 11.3 Å². The van der Waals surface area contributed by atoms with Gasteiger partial charge in [0.05, 0.1) is 6.04 Å². The van der Waals surface area contributed by atoms with E-state index in [1.54, 1.807) is 6.07 Å². The van der Waals surface area contributed by atoms with Crippen LogP contribution in [0.3, 0.4) is 0 Å². The van der Waals surface area contributed by atoms with Crippen molar-refractivity contribution in [3.05, 3.63) is 34.5 Å². The number of pyridine rings is 1. The van der Waals surface area contributed by atoms with Gasteiger partial charge in [-0.15, -0.1) is 0 Å². The maximum Gasteiger partial charge on any atom is 0.258 e. The second-order valence-corrected chi connectivity index (χ2v) is 5.24. The number of aromatic amines is 1. The number of hydrogen-bond donors (Lipinski definition) is 2. The number of aromatic nitrogens is 3.